The van der Waals surface area contributed by atoms with Gasteiger partial charge >= 0.3 is 0 Å². The summed E-state index contributed by atoms with van der Waals surface area (Å²) in [5, 5.41) is 0. The highest BCUT2D eigenvalue weighted by atomic mass is 16.1. The van der Waals surface area contributed by atoms with Gasteiger partial charge in [0.05, 0.1) is 0 Å². The van der Waals surface area contributed by atoms with Crippen LogP contribution in [0.2, 0.25) is 0 Å². The Morgan fingerprint density at radius 1 is 1.23 bits per heavy atom. The van der Waals surface area contributed by atoms with Gasteiger partial charge in [0.25, 0.3) is 0 Å². The third-order valence-corrected chi connectivity index (χ3v) is 8.21. The molecule has 0 aromatic heterocycles. The molecule has 1 aromatic rings. The fourth-order valence-corrected chi connectivity index (χ4v) is 7.31. The quantitative estimate of drug-likeness (QED) is 0.911. The predicted molar refractivity (Wildman–Crippen MR) is 97.8 cm³/mol. The predicted octanol–water partition coefficient (Wildman–Crippen LogP) is 2.43. The molecule has 2 spiro atoms. The summed E-state index contributed by atoms with van der Waals surface area (Å²) in [6, 6.07) is 6.68. The fourth-order valence-electron chi connectivity index (χ4n) is 7.31. The highest BCUT2D eigenvalue weighted by molar-refractivity contribution is 5.93. The Balaban J connectivity index is 1.48. The molecule has 5 aliphatic rings. The molecule has 26 heavy (non-hydrogen) atoms. The van der Waals surface area contributed by atoms with E-state index in [1.807, 2.05) is 12.1 Å². The molecule has 3 unspecified atom stereocenters. The first-order valence-corrected chi connectivity index (χ1v) is 10.2. The number of ketones is 1. The lowest BCUT2D eigenvalue weighted by atomic mass is 9.59. The second-order valence-electron chi connectivity index (χ2n) is 9.79. The van der Waals surface area contributed by atoms with Crippen LogP contribution in [0.15, 0.2) is 18.2 Å². The summed E-state index contributed by atoms with van der Waals surface area (Å²) in [6.07, 6.45) is 7.46. The Morgan fingerprint density at radius 3 is 2.85 bits per heavy atom. The van der Waals surface area contributed by atoms with E-state index in [2.05, 4.69) is 11.0 Å². The molecular formula is C22H26N2O2. The van der Waals surface area contributed by atoms with Gasteiger partial charge in [0, 0.05) is 48.4 Å². The van der Waals surface area contributed by atoms with E-state index in [1.54, 1.807) is 0 Å². The molecule has 1 saturated heterocycles. The van der Waals surface area contributed by atoms with Crippen LogP contribution in [0.5, 0.6) is 0 Å². The van der Waals surface area contributed by atoms with Gasteiger partial charge in [-0.25, -0.2) is 0 Å². The van der Waals surface area contributed by atoms with Gasteiger partial charge in [0.1, 0.15) is 5.78 Å². The highest BCUT2D eigenvalue weighted by Crippen LogP contribution is 2.69. The maximum absolute atomic E-state index is 12.5. The molecule has 136 valence electrons. The first-order chi connectivity index (χ1) is 12.5. The van der Waals surface area contributed by atoms with E-state index in [-0.39, 0.29) is 11.3 Å². The molecule has 4 nitrogen and oxygen atoms in total. The Bertz CT molecular complexity index is 845. The lowest BCUT2D eigenvalue weighted by molar-refractivity contribution is -0.124. The van der Waals surface area contributed by atoms with Crippen molar-refractivity contribution in [2.75, 3.05) is 13.1 Å². The van der Waals surface area contributed by atoms with Crippen molar-refractivity contribution in [3.63, 3.8) is 0 Å². The zero-order valence-corrected chi connectivity index (χ0v) is 15.2. The van der Waals surface area contributed by atoms with Crippen LogP contribution in [0.1, 0.15) is 60.0 Å². The summed E-state index contributed by atoms with van der Waals surface area (Å²) in [6.45, 7) is 2.47. The number of likely N-dealkylation sites (tertiary alicyclic amines) is 1. The van der Waals surface area contributed by atoms with E-state index in [4.69, 9.17) is 5.73 Å². The van der Waals surface area contributed by atoms with Crippen LogP contribution < -0.4 is 5.73 Å². The van der Waals surface area contributed by atoms with Crippen molar-refractivity contribution in [3.8, 4) is 0 Å². The van der Waals surface area contributed by atoms with Gasteiger partial charge in [-0.1, -0.05) is 6.07 Å². The minimum absolute atomic E-state index is 0.0443. The maximum atomic E-state index is 12.5. The summed E-state index contributed by atoms with van der Waals surface area (Å²) in [5.74, 6) is 1.53. The standard InChI is InChI=1S/C22H26N2O2/c23-20(26)14-3-4-15-8-21-11-22(18(15)7-14)9-16(25)5-6-17(22)19(21)24(12-21)10-13-1-2-13/h3-4,7,13,17,19H,1-2,5-6,8-12H2,(H2,23,26)/t17?,19-,21?,22?/m0/s1. The minimum Gasteiger partial charge on any atom is -0.366 e. The number of hydrogen-bond acceptors (Lipinski definition) is 3. The maximum Gasteiger partial charge on any atom is 0.248 e. The number of amides is 1. The first-order valence-electron chi connectivity index (χ1n) is 10.2. The van der Waals surface area contributed by atoms with Crippen molar-refractivity contribution in [1.82, 2.24) is 4.90 Å². The van der Waals surface area contributed by atoms with E-state index in [0.29, 0.717) is 35.1 Å². The van der Waals surface area contributed by atoms with Crippen molar-refractivity contribution in [2.45, 2.75) is 56.4 Å². The summed E-state index contributed by atoms with van der Waals surface area (Å²) < 4.78 is 0. The third-order valence-electron chi connectivity index (χ3n) is 8.21. The van der Waals surface area contributed by atoms with Gasteiger partial charge in [-0.15, -0.1) is 0 Å². The molecule has 2 N–H and O–H groups in total. The average Bonchev–Trinajstić information content (AvgIpc) is 3.38. The highest BCUT2D eigenvalue weighted by Gasteiger charge is 2.71. The number of benzene rings is 1. The van der Waals surface area contributed by atoms with Crippen LogP contribution in [-0.2, 0) is 16.6 Å². The van der Waals surface area contributed by atoms with Crippen LogP contribution in [0, 0.1) is 17.3 Å². The number of rotatable bonds is 3. The lowest BCUT2D eigenvalue weighted by Gasteiger charge is -2.56. The van der Waals surface area contributed by atoms with Gasteiger partial charge in [0.2, 0.25) is 5.91 Å². The van der Waals surface area contributed by atoms with E-state index in [9.17, 15) is 9.59 Å². The molecule has 4 fully saturated rings. The molecule has 6 rings (SSSR count). The Labute approximate surface area is 154 Å². The van der Waals surface area contributed by atoms with E-state index in [1.165, 1.54) is 37.1 Å². The molecule has 1 amide bonds. The second kappa shape index (κ2) is 4.78. The Hall–Kier alpha value is -1.68. The van der Waals surface area contributed by atoms with Crippen LogP contribution >= 0.6 is 0 Å². The number of primary amides is 1. The number of carbonyl (C=O) groups is 2. The third kappa shape index (κ3) is 1.84. The van der Waals surface area contributed by atoms with Gasteiger partial charge in [-0.3, -0.25) is 14.5 Å². The number of hydrogen-bond donors (Lipinski definition) is 1. The van der Waals surface area contributed by atoms with E-state index >= 15 is 0 Å². The molecule has 4 atom stereocenters. The lowest BCUT2D eigenvalue weighted by Crippen LogP contribution is -2.65. The molecule has 0 radical (unpaired) electrons. The van der Waals surface area contributed by atoms with Gasteiger partial charge in [-0.2, -0.15) is 0 Å². The monoisotopic (exact) mass is 350 g/mol. The van der Waals surface area contributed by atoms with E-state index in [0.717, 1.165) is 31.6 Å². The number of fused-ring (bicyclic) bond motifs is 2. The average molecular weight is 350 g/mol. The summed E-state index contributed by atoms with van der Waals surface area (Å²) in [7, 11) is 0. The molecule has 1 heterocycles. The van der Waals surface area contributed by atoms with Gasteiger partial charge in [-0.05, 0) is 67.2 Å². The Morgan fingerprint density at radius 2 is 2.08 bits per heavy atom. The Kier molecular flexibility index (Phi) is 2.83. The number of nitrogens with zero attached hydrogens (tertiary/aromatic N) is 1. The van der Waals surface area contributed by atoms with Gasteiger partial charge < -0.3 is 5.73 Å². The first kappa shape index (κ1) is 15.4. The number of Topliss-reactive ketones (excluding diaryl/α,β-unsaturated/α-hetero) is 1. The van der Waals surface area contributed by atoms with Crippen LogP contribution in [0.25, 0.3) is 0 Å². The summed E-state index contributed by atoms with van der Waals surface area (Å²) in [4.78, 5) is 27.1. The molecule has 1 aliphatic heterocycles. The number of carbonyl (C=O) groups excluding carboxylic acids is 2. The van der Waals surface area contributed by atoms with Crippen molar-refractivity contribution in [2.24, 2.45) is 23.0 Å². The van der Waals surface area contributed by atoms with Crippen molar-refractivity contribution >= 4 is 11.7 Å². The smallest absolute Gasteiger partial charge is 0.248 e. The minimum atomic E-state index is -0.362. The van der Waals surface area contributed by atoms with E-state index < -0.39 is 0 Å². The summed E-state index contributed by atoms with van der Waals surface area (Å²) in [5.41, 5.74) is 9.14. The molecule has 1 aromatic carbocycles. The van der Waals surface area contributed by atoms with Gasteiger partial charge in [0.15, 0.2) is 0 Å². The summed E-state index contributed by atoms with van der Waals surface area (Å²) >= 11 is 0. The van der Waals surface area contributed by atoms with Crippen LogP contribution in [0.4, 0.5) is 0 Å². The zero-order chi connectivity index (χ0) is 17.7. The number of nitrogens with two attached hydrogens (primary N) is 1. The van der Waals surface area contributed by atoms with Crippen molar-refractivity contribution < 1.29 is 9.59 Å². The normalized spacial score (nSPS) is 40.4. The largest absolute Gasteiger partial charge is 0.366 e. The van der Waals surface area contributed by atoms with Crippen LogP contribution in [0.3, 0.4) is 0 Å². The topological polar surface area (TPSA) is 63.4 Å². The molecule has 3 saturated carbocycles. The molecule has 4 aliphatic carbocycles. The van der Waals surface area contributed by atoms with Crippen LogP contribution in [-0.4, -0.2) is 35.7 Å². The molecule has 2 bridgehead atoms. The van der Waals surface area contributed by atoms with Crippen molar-refractivity contribution in [1.29, 1.82) is 0 Å². The molecular weight excluding hydrogens is 324 g/mol. The second-order valence-corrected chi connectivity index (χ2v) is 9.79. The zero-order valence-electron chi connectivity index (χ0n) is 15.2. The SMILES string of the molecule is NC(=O)c1ccc2c(c1)C13CC(=O)CCC1[C@@H]1N(CC4CC4)CC1(C2)C3. The molecule has 4 heteroatoms. The fraction of sp³-hybridized carbons (Fsp3) is 0.636. The van der Waals surface area contributed by atoms with Crippen molar-refractivity contribution in [3.05, 3.63) is 34.9 Å².